The number of imidazole rings is 1. The number of nitrogens with zero attached hydrogens (tertiary/aromatic N) is 4. The van der Waals surface area contributed by atoms with Crippen molar-refractivity contribution in [2.45, 2.75) is 13.0 Å². The first-order valence-electron chi connectivity index (χ1n) is 4.14. The van der Waals surface area contributed by atoms with E-state index in [-0.39, 0.29) is 5.78 Å². The van der Waals surface area contributed by atoms with Gasteiger partial charge in [0.25, 0.3) is 5.78 Å². The number of fused-ring (bicyclic) bond motifs is 1. The van der Waals surface area contributed by atoms with Crippen LogP contribution in [0.2, 0.25) is 0 Å². The van der Waals surface area contributed by atoms with Crippen LogP contribution in [0, 0.1) is 0 Å². The summed E-state index contributed by atoms with van der Waals surface area (Å²) < 4.78 is 1.38. The summed E-state index contributed by atoms with van der Waals surface area (Å²) >= 11 is 0. The maximum absolute atomic E-state index is 11.6. The molecule has 0 aliphatic rings. The number of aromatic nitrogens is 4. The lowest BCUT2D eigenvalue weighted by Crippen LogP contribution is -2.28. The molecule has 2 heterocycles. The average molecular weight is 191 g/mol. The van der Waals surface area contributed by atoms with Crippen LogP contribution in [-0.2, 0) is 0 Å². The molecule has 0 fully saturated rings. The van der Waals surface area contributed by atoms with Gasteiger partial charge in [0.1, 0.15) is 5.69 Å². The molecular formula is C8H9N5O. The summed E-state index contributed by atoms with van der Waals surface area (Å²) in [6, 6.07) is -0.558. The van der Waals surface area contributed by atoms with Crippen molar-refractivity contribution >= 4 is 11.6 Å². The minimum absolute atomic E-state index is 0.196. The Balaban J connectivity index is 2.58. The van der Waals surface area contributed by atoms with Gasteiger partial charge in [0.15, 0.2) is 5.78 Å². The Morgan fingerprint density at radius 1 is 1.50 bits per heavy atom. The molecule has 6 nitrogen and oxygen atoms in total. The van der Waals surface area contributed by atoms with E-state index in [4.69, 9.17) is 5.73 Å². The SMILES string of the molecule is CC(N)C(=O)c1cnc2nccnn12. The topological polar surface area (TPSA) is 86.2 Å². The van der Waals surface area contributed by atoms with Crippen LogP contribution in [0.3, 0.4) is 0 Å². The van der Waals surface area contributed by atoms with Crippen LogP contribution in [0.4, 0.5) is 0 Å². The molecule has 0 spiro atoms. The molecule has 0 radical (unpaired) electrons. The molecule has 0 aliphatic heterocycles. The van der Waals surface area contributed by atoms with Crippen molar-refractivity contribution in [3.63, 3.8) is 0 Å². The highest BCUT2D eigenvalue weighted by atomic mass is 16.1. The Morgan fingerprint density at radius 3 is 3.00 bits per heavy atom. The zero-order valence-corrected chi connectivity index (χ0v) is 7.58. The molecule has 0 saturated heterocycles. The molecule has 2 aromatic rings. The van der Waals surface area contributed by atoms with Crippen LogP contribution in [0.5, 0.6) is 0 Å². The predicted octanol–water partition coefficient (Wildman–Crippen LogP) is -0.346. The first kappa shape index (κ1) is 8.76. The number of carbonyl (C=O) groups is 1. The molecule has 0 aromatic carbocycles. The highest BCUT2D eigenvalue weighted by Crippen LogP contribution is 2.03. The van der Waals surface area contributed by atoms with Gasteiger partial charge in [-0.1, -0.05) is 0 Å². The number of carbonyl (C=O) groups excluding carboxylic acids is 1. The van der Waals surface area contributed by atoms with Crippen molar-refractivity contribution in [1.29, 1.82) is 0 Å². The van der Waals surface area contributed by atoms with Gasteiger partial charge in [-0.25, -0.2) is 9.97 Å². The summed E-state index contributed by atoms with van der Waals surface area (Å²) in [6.45, 7) is 1.62. The average Bonchev–Trinajstić information content (AvgIpc) is 2.60. The fraction of sp³-hybridized carbons (Fsp3) is 0.250. The van der Waals surface area contributed by atoms with Gasteiger partial charge in [0.05, 0.1) is 24.6 Å². The molecule has 1 unspecified atom stereocenters. The lowest BCUT2D eigenvalue weighted by atomic mass is 10.2. The molecule has 0 aliphatic carbocycles. The second kappa shape index (κ2) is 3.15. The van der Waals surface area contributed by atoms with Gasteiger partial charge in [-0.15, -0.1) is 0 Å². The van der Waals surface area contributed by atoms with Crippen molar-refractivity contribution in [3.8, 4) is 0 Å². The Bertz CT molecular complexity index is 475. The standard InChI is InChI=1S/C8H9N5O/c1-5(9)7(14)6-4-11-8-10-2-3-12-13(6)8/h2-5H,9H2,1H3. The summed E-state index contributed by atoms with van der Waals surface area (Å²) in [4.78, 5) is 19.4. The van der Waals surface area contributed by atoms with Gasteiger partial charge in [-0.05, 0) is 6.92 Å². The minimum atomic E-state index is -0.558. The van der Waals surface area contributed by atoms with E-state index < -0.39 is 6.04 Å². The molecular weight excluding hydrogens is 182 g/mol. The third-order valence-electron chi connectivity index (χ3n) is 1.82. The van der Waals surface area contributed by atoms with E-state index in [9.17, 15) is 4.79 Å². The Kier molecular flexibility index (Phi) is 1.97. The Labute approximate surface area is 79.8 Å². The summed E-state index contributed by atoms with van der Waals surface area (Å²) in [5.74, 6) is 0.203. The maximum Gasteiger partial charge on any atom is 0.251 e. The molecule has 2 N–H and O–H groups in total. The summed E-state index contributed by atoms with van der Waals surface area (Å²) in [5.41, 5.74) is 5.84. The number of ketones is 1. The second-order valence-electron chi connectivity index (χ2n) is 2.95. The third-order valence-corrected chi connectivity index (χ3v) is 1.82. The molecule has 0 bridgehead atoms. The Hall–Kier alpha value is -1.82. The fourth-order valence-electron chi connectivity index (χ4n) is 1.14. The van der Waals surface area contributed by atoms with E-state index in [0.29, 0.717) is 11.5 Å². The smallest absolute Gasteiger partial charge is 0.251 e. The van der Waals surface area contributed by atoms with Crippen LogP contribution in [-0.4, -0.2) is 31.4 Å². The molecule has 72 valence electrons. The fourth-order valence-corrected chi connectivity index (χ4v) is 1.14. The van der Waals surface area contributed by atoms with Crippen LogP contribution in [0.25, 0.3) is 5.78 Å². The van der Waals surface area contributed by atoms with Gasteiger partial charge in [-0.2, -0.15) is 9.61 Å². The van der Waals surface area contributed by atoms with Crippen molar-refractivity contribution in [2.24, 2.45) is 5.73 Å². The number of hydrogen-bond acceptors (Lipinski definition) is 5. The zero-order chi connectivity index (χ0) is 10.1. The minimum Gasteiger partial charge on any atom is -0.321 e. The zero-order valence-electron chi connectivity index (χ0n) is 7.58. The molecule has 0 saturated carbocycles. The van der Waals surface area contributed by atoms with Crippen molar-refractivity contribution < 1.29 is 4.79 Å². The number of nitrogens with two attached hydrogens (primary N) is 1. The van der Waals surface area contributed by atoms with E-state index in [1.165, 1.54) is 23.1 Å². The van der Waals surface area contributed by atoms with Gasteiger partial charge in [0, 0.05) is 0 Å². The first-order valence-corrected chi connectivity index (χ1v) is 4.14. The van der Waals surface area contributed by atoms with Crippen molar-refractivity contribution in [1.82, 2.24) is 19.6 Å². The van der Waals surface area contributed by atoms with Gasteiger partial charge < -0.3 is 5.73 Å². The molecule has 1 atom stereocenters. The third kappa shape index (κ3) is 1.25. The van der Waals surface area contributed by atoms with Crippen LogP contribution < -0.4 is 5.73 Å². The molecule has 2 rings (SSSR count). The quantitative estimate of drug-likeness (QED) is 0.656. The lowest BCUT2D eigenvalue weighted by molar-refractivity contribution is 0.0961. The normalized spacial score (nSPS) is 13.0. The van der Waals surface area contributed by atoms with Crippen molar-refractivity contribution in [3.05, 3.63) is 24.3 Å². The maximum atomic E-state index is 11.6. The van der Waals surface area contributed by atoms with E-state index >= 15 is 0 Å². The van der Waals surface area contributed by atoms with Crippen LogP contribution >= 0.6 is 0 Å². The lowest BCUT2D eigenvalue weighted by Gasteiger charge is -2.01. The monoisotopic (exact) mass is 191 g/mol. The summed E-state index contributed by atoms with van der Waals surface area (Å²) in [5, 5.41) is 3.96. The van der Waals surface area contributed by atoms with Gasteiger partial charge in [0.2, 0.25) is 0 Å². The van der Waals surface area contributed by atoms with E-state index in [1.807, 2.05) is 0 Å². The predicted molar refractivity (Wildman–Crippen MR) is 48.8 cm³/mol. The number of Topliss-reactive ketones (excluding diaryl/α,β-unsaturated/α-hetero) is 1. The van der Waals surface area contributed by atoms with Gasteiger partial charge in [-0.3, -0.25) is 4.79 Å². The number of rotatable bonds is 2. The Morgan fingerprint density at radius 2 is 2.29 bits per heavy atom. The molecule has 0 amide bonds. The number of hydrogen-bond donors (Lipinski definition) is 1. The van der Waals surface area contributed by atoms with Crippen molar-refractivity contribution in [2.75, 3.05) is 0 Å². The van der Waals surface area contributed by atoms with Crippen LogP contribution in [0.15, 0.2) is 18.6 Å². The summed E-state index contributed by atoms with van der Waals surface area (Å²) in [7, 11) is 0. The summed E-state index contributed by atoms with van der Waals surface area (Å²) in [6.07, 6.45) is 4.44. The first-order chi connectivity index (χ1) is 6.70. The second-order valence-corrected chi connectivity index (χ2v) is 2.95. The van der Waals surface area contributed by atoms with Crippen LogP contribution in [0.1, 0.15) is 17.4 Å². The molecule has 14 heavy (non-hydrogen) atoms. The highest BCUT2D eigenvalue weighted by molar-refractivity contribution is 5.98. The largest absolute Gasteiger partial charge is 0.321 e. The molecule has 2 aromatic heterocycles. The molecule has 6 heteroatoms. The van der Waals surface area contributed by atoms with E-state index in [2.05, 4.69) is 15.1 Å². The van der Waals surface area contributed by atoms with Gasteiger partial charge >= 0.3 is 0 Å². The van der Waals surface area contributed by atoms with E-state index in [1.54, 1.807) is 6.92 Å². The van der Waals surface area contributed by atoms with E-state index in [0.717, 1.165) is 0 Å². The highest BCUT2D eigenvalue weighted by Gasteiger charge is 2.16.